The molecule has 1 aromatic heterocycles. The number of aliphatic hydroxyl groups is 1. The van der Waals surface area contributed by atoms with Crippen molar-refractivity contribution in [2.75, 3.05) is 7.11 Å². The average Bonchev–Trinajstić information content (AvgIpc) is 2.83. The van der Waals surface area contributed by atoms with Crippen LogP contribution in [0.2, 0.25) is 5.02 Å². The number of hydrogen-bond donors (Lipinski definition) is 1. The molecule has 0 bridgehead atoms. The lowest BCUT2D eigenvalue weighted by molar-refractivity contribution is 0.175. The zero-order chi connectivity index (χ0) is 15.4. The summed E-state index contributed by atoms with van der Waals surface area (Å²) in [5.41, 5.74) is 2.61. The van der Waals surface area contributed by atoms with Crippen LogP contribution in [-0.4, -0.2) is 22.0 Å². The fourth-order valence-corrected chi connectivity index (χ4v) is 2.69. The summed E-state index contributed by atoms with van der Waals surface area (Å²) in [6.07, 6.45) is 0.629. The highest BCUT2D eigenvalue weighted by Gasteiger charge is 2.18. The Kier molecular flexibility index (Phi) is 5.26. The fraction of sp³-hybridized carbons (Fsp3) is 0.438. The zero-order valence-corrected chi connectivity index (χ0v) is 13.4. The Morgan fingerprint density at radius 2 is 1.95 bits per heavy atom. The van der Waals surface area contributed by atoms with Gasteiger partial charge in [0.05, 0.1) is 29.6 Å². The van der Waals surface area contributed by atoms with Gasteiger partial charge in [0.1, 0.15) is 5.75 Å². The molecule has 0 aliphatic rings. The van der Waals surface area contributed by atoms with Crippen molar-refractivity contribution < 1.29 is 9.84 Å². The van der Waals surface area contributed by atoms with Crippen LogP contribution >= 0.6 is 11.6 Å². The molecule has 114 valence electrons. The van der Waals surface area contributed by atoms with Crippen LogP contribution in [0.25, 0.3) is 0 Å². The van der Waals surface area contributed by atoms with Gasteiger partial charge in [-0.3, -0.25) is 4.68 Å². The molecule has 4 nitrogen and oxygen atoms in total. The SMILES string of the molecule is CCc1nn(CC)c(CC(O)c2ccc(OC)cc2)c1Cl. The number of ether oxygens (including phenoxy) is 1. The second kappa shape index (κ2) is 6.96. The highest BCUT2D eigenvalue weighted by molar-refractivity contribution is 6.31. The third kappa shape index (κ3) is 3.39. The Labute approximate surface area is 130 Å². The molecular weight excluding hydrogens is 288 g/mol. The summed E-state index contributed by atoms with van der Waals surface area (Å²) in [5, 5.41) is 15.6. The third-order valence-electron chi connectivity index (χ3n) is 3.58. The van der Waals surface area contributed by atoms with Crippen LogP contribution in [0.15, 0.2) is 24.3 Å². The highest BCUT2D eigenvalue weighted by Crippen LogP contribution is 2.27. The van der Waals surface area contributed by atoms with Gasteiger partial charge in [-0.15, -0.1) is 0 Å². The first-order valence-corrected chi connectivity index (χ1v) is 7.54. The van der Waals surface area contributed by atoms with Crippen molar-refractivity contribution in [3.05, 3.63) is 46.2 Å². The predicted molar refractivity (Wildman–Crippen MR) is 83.9 cm³/mol. The van der Waals surface area contributed by atoms with Crippen molar-refractivity contribution in [3.63, 3.8) is 0 Å². The number of aromatic nitrogens is 2. The Morgan fingerprint density at radius 1 is 1.29 bits per heavy atom. The van der Waals surface area contributed by atoms with Gasteiger partial charge in [0.25, 0.3) is 0 Å². The van der Waals surface area contributed by atoms with Gasteiger partial charge in [-0.25, -0.2) is 0 Å². The van der Waals surface area contributed by atoms with Crippen LogP contribution in [-0.2, 0) is 19.4 Å². The van der Waals surface area contributed by atoms with Gasteiger partial charge in [-0.05, 0) is 31.0 Å². The molecule has 0 saturated heterocycles. The molecule has 0 spiro atoms. The largest absolute Gasteiger partial charge is 0.497 e. The van der Waals surface area contributed by atoms with E-state index in [1.165, 1.54) is 0 Å². The summed E-state index contributed by atoms with van der Waals surface area (Å²) in [7, 11) is 1.62. The molecule has 1 unspecified atom stereocenters. The van der Waals surface area contributed by atoms with Crippen LogP contribution in [0.3, 0.4) is 0 Å². The third-order valence-corrected chi connectivity index (χ3v) is 4.02. The van der Waals surface area contributed by atoms with Gasteiger partial charge in [0.15, 0.2) is 0 Å². The first-order valence-electron chi connectivity index (χ1n) is 7.16. The van der Waals surface area contributed by atoms with Crippen LogP contribution in [0.5, 0.6) is 5.75 Å². The molecule has 1 atom stereocenters. The van der Waals surface area contributed by atoms with E-state index < -0.39 is 6.10 Å². The molecule has 0 aliphatic carbocycles. The zero-order valence-electron chi connectivity index (χ0n) is 12.6. The van der Waals surface area contributed by atoms with E-state index in [1.807, 2.05) is 42.8 Å². The minimum absolute atomic E-state index is 0.450. The average molecular weight is 309 g/mol. The van der Waals surface area contributed by atoms with E-state index in [0.717, 1.165) is 35.7 Å². The lowest BCUT2D eigenvalue weighted by Gasteiger charge is -2.13. The first-order chi connectivity index (χ1) is 10.1. The fourth-order valence-electron chi connectivity index (χ4n) is 2.34. The predicted octanol–water partition coefficient (Wildman–Crippen LogP) is 3.40. The summed E-state index contributed by atoms with van der Waals surface area (Å²) in [6.45, 7) is 4.79. The molecule has 1 aromatic carbocycles. The Morgan fingerprint density at radius 3 is 2.48 bits per heavy atom. The maximum Gasteiger partial charge on any atom is 0.118 e. The van der Waals surface area contributed by atoms with Gasteiger partial charge in [0, 0.05) is 13.0 Å². The van der Waals surface area contributed by atoms with E-state index in [-0.39, 0.29) is 0 Å². The van der Waals surface area contributed by atoms with Crippen LogP contribution in [0.1, 0.15) is 36.9 Å². The smallest absolute Gasteiger partial charge is 0.118 e. The Bertz CT molecular complexity index is 593. The van der Waals surface area contributed by atoms with E-state index in [4.69, 9.17) is 16.3 Å². The first kappa shape index (κ1) is 15.9. The van der Waals surface area contributed by atoms with E-state index >= 15 is 0 Å². The van der Waals surface area contributed by atoms with Crippen molar-refractivity contribution in [3.8, 4) is 5.75 Å². The standard InChI is InChI=1S/C16H21ClN2O2/c1-4-13-16(17)14(19(5-2)18-13)10-15(20)11-6-8-12(21-3)9-7-11/h6-9,15,20H,4-5,10H2,1-3H3. The topological polar surface area (TPSA) is 47.3 Å². The summed E-state index contributed by atoms with van der Waals surface area (Å²) < 4.78 is 6.99. The van der Waals surface area contributed by atoms with Gasteiger partial charge in [-0.1, -0.05) is 30.7 Å². The molecule has 0 fully saturated rings. The van der Waals surface area contributed by atoms with Gasteiger partial charge in [0.2, 0.25) is 0 Å². The molecule has 21 heavy (non-hydrogen) atoms. The van der Waals surface area contributed by atoms with Crippen LogP contribution in [0.4, 0.5) is 0 Å². The van der Waals surface area contributed by atoms with Gasteiger partial charge < -0.3 is 9.84 Å². The summed E-state index contributed by atoms with van der Waals surface area (Å²) >= 11 is 6.37. The second-order valence-electron chi connectivity index (χ2n) is 4.87. The van der Waals surface area contributed by atoms with Crippen LogP contribution < -0.4 is 4.74 Å². The maximum atomic E-state index is 10.4. The molecule has 1 N–H and O–H groups in total. The molecule has 1 heterocycles. The van der Waals surface area contributed by atoms with Crippen molar-refractivity contribution in [1.82, 2.24) is 9.78 Å². The van der Waals surface area contributed by atoms with Gasteiger partial charge in [-0.2, -0.15) is 5.10 Å². The molecule has 5 heteroatoms. The number of hydrogen-bond acceptors (Lipinski definition) is 3. The number of halogens is 1. The minimum Gasteiger partial charge on any atom is -0.497 e. The maximum absolute atomic E-state index is 10.4. The van der Waals surface area contributed by atoms with E-state index in [9.17, 15) is 5.11 Å². The van der Waals surface area contributed by atoms with Crippen LogP contribution in [0, 0.1) is 0 Å². The Hall–Kier alpha value is -1.52. The van der Waals surface area contributed by atoms with Crippen molar-refractivity contribution in [2.24, 2.45) is 0 Å². The number of methoxy groups -OCH3 is 1. The molecule has 2 rings (SSSR count). The lowest BCUT2D eigenvalue weighted by Crippen LogP contribution is -2.09. The van der Waals surface area contributed by atoms with Crippen molar-refractivity contribution in [1.29, 1.82) is 0 Å². The second-order valence-corrected chi connectivity index (χ2v) is 5.25. The number of aliphatic hydroxyl groups excluding tert-OH is 1. The molecule has 0 saturated carbocycles. The quantitative estimate of drug-likeness (QED) is 0.889. The monoisotopic (exact) mass is 308 g/mol. The molecule has 0 radical (unpaired) electrons. The molecular formula is C16H21ClN2O2. The summed E-state index contributed by atoms with van der Waals surface area (Å²) in [5.74, 6) is 0.774. The van der Waals surface area contributed by atoms with Crippen molar-refractivity contribution in [2.45, 2.75) is 39.3 Å². The Balaban J connectivity index is 2.22. The highest BCUT2D eigenvalue weighted by atomic mass is 35.5. The van der Waals surface area contributed by atoms with E-state index in [2.05, 4.69) is 5.10 Å². The van der Waals surface area contributed by atoms with Gasteiger partial charge >= 0.3 is 0 Å². The number of nitrogens with zero attached hydrogens (tertiary/aromatic N) is 2. The van der Waals surface area contributed by atoms with E-state index in [1.54, 1.807) is 7.11 Å². The van der Waals surface area contributed by atoms with E-state index in [0.29, 0.717) is 11.4 Å². The summed E-state index contributed by atoms with van der Waals surface area (Å²) in [4.78, 5) is 0. The molecule has 0 aliphatic heterocycles. The summed E-state index contributed by atoms with van der Waals surface area (Å²) in [6, 6.07) is 7.42. The molecule has 2 aromatic rings. The molecule has 0 amide bonds. The lowest BCUT2D eigenvalue weighted by atomic mass is 10.0. The van der Waals surface area contributed by atoms with Crippen molar-refractivity contribution >= 4 is 11.6 Å². The minimum atomic E-state index is -0.611. The number of aryl methyl sites for hydroxylation is 2. The number of benzene rings is 1. The normalized spacial score (nSPS) is 12.4. The number of rotatable bonds is 6.